The average Bonchev–Trinajstić information content (AvgIpc) is 2.92. The molecule has 9 heteroatoms. The Labute approximate surface area is 133 Å². The van der Waals surface area contributed by atoms with E-state index in [0.717, 1.165) is 6.07 Å². The quantitative estimate of drug-likeness (QED) is 0.799. The first-order valence-electron chi connectivity index (χ1n) is 6.78. The normalized spacial score (nSPS) is 18.7. The van der Waals surface area contributed by atoms with Crippen molar-refractivity contribution in [1.29, 1.82) is 0 Å². The van der Waals surface area contributed by atoms with Crippen LogP contribution in [-0.4, -0.2) is 44.1 Å². The number of amides is 1. The van der Waals surface area contributed by atoms with Gasteiger partial charge in [-0.15, -0.1) is 0 Å². The first-order valence-corrected chi connectivity index (χ1v) is 8.71. The fourth-order valence-corrected chi connectivity index (χ4v) is 4.05. The molecular weight excluding hydrogens is 333 g/mol. The van der Waals surface area contributed by atoms with Crippen LogP contribution in [0.2, 0.25) is 5.02 Å². The van der Waals surface area contributed by atoms with Crippen LogP contribution < -0.4 is 10.5 Å². The number of hydrogen-bond acceptors (Lipinski definition) is 4. The zero-order valence-corrected chi connectivity index (χ0v) is 13.5. The number of hydrogen-bond donors (Lipinski definition) is 2. The second-order valence-electron chi connectivity index (χ2n) is 5.05. The van der Waals surface area contributed by atoms with Crippen molar-refractivity contribution < 1.29 is 17.6 Å². The molecule has 1 aromatic carbocycles. The molecule has 0 saturated carbocycles. The van der Waals surface area contributed by atoms with Gasteiger partial charge in [0, 0.05) is 24.7 Å². The molecule has 0 radical (unpaired) electrons. The van der Waals surface area contributed by atoms with E-state index < -0.39 is 27.0 Å². The Kier molecular flexibility index (Phi) is 4.93. The van der Waals surface area contributed by atoms with E-state index in [1.807, 2.05) is 0 Å². The summed E-state index contributed by atoms with van der Waals surface area (Å²) in [6, 6.07) is 2.31. The van der Waals surface area contributed by atoms with Crippen LogP contribution in [0.4, 0.5) is 10.1 Å². The number of halogens is 2. The van der Waals surface area contributed by atoms with Gasteiger partial charge in [-0.3, -0.25) is 4.79 Å². The van der Waals surface area contributed by atoms with Crippen molar-refractivity contribution in [1.82, 2.24) is 9.62 Å². The van der Waals surface area contributed by atoms with Gasteiger partial charge in [0.05, 0.1) is 16.5 Å². The summed E-state index contributed by atoms with van der Waals surface area (Å²) in [7, 11) is -3.46. The van der Waals surface area contributed by atoms with E-state index in [9.17, 15) is 17.6 Å². The summed E-state index contributed by atoms with van der Waals surface area (Å²) >= 11 is 5.74. The van der Waals surface area contributed by atoms with E-state index in [0.29, 0.717) is 13.0 Å². The number of rotatable bonds is 4. The van der Waals surface area contributed by atoms with Gasteiger partial charge in [0.1, 0.15) is 5.82 Å². The van der Waals surface area contributed by atoms with Gasteiger partial charge >= 0.3 is 0 Å². The molecule has 1 fully saturated rings. The molecule has 0 aliphatic carbocycles. The smallest absolute Gasteiger partial charge is 0.256 e. The van der Waals surface area contributed by atoms with Crippen molar-refractivity contribution in [3.63, 3.8) is 0 Å². The molecule has 122 valence electrons. The molecule has 1 heterocycles. The van der Waals surface area contributed by atoms with Gasteiger partial charge in [-0.05, 0) is 18.6 Å². The predicted molar refractivity (Wildman–Crippen MR) is 82.7 cm³/mol. The van der Waals surface area contributed by atoms with Crippen molar-refractivity contribution in [2.75, 3.05) is 25.4 Å². The molecule has 2 rings (SSSR count). The van der Waals surface area contributed by atoms with Crippen LogP contribution in [0.25, 0.3) is 0 Å². The van der Waals surface area contributed by atoms with Gasteiger partial charge in [0.25, 0.3) is 5.91 Å². The molecule has 1 aromatic rings. The summed E-state index contributed by atoms with van der Waals surface area (Å²) in [5.74, 6) is -1.29. The highest BCUT2D eigenvalue weighted by molar-refractivity contribution is 7.90. The number of benzene rings is 1. The zero-order chi connectivity index (χ0) is 16.5. The topological polar surface area (TPSA) is 92.5 Å². The third-order valence-electron chi connectivity index (χ3n) is 3.54. The standard InChI is InChI=1S/C13H17ClFN3O3S/c1-2-17-22(20,21)9-3-4-18(7-9)13(19)10-5-8(14)6-11(15)12(10)16/h5-6,9,17H,2-4,7,16H2,1H3/t9-/m0/s1. The molecule has 6 nitrogen and oxygen atoms in total. The Hall–Kier alpha value is -1.38. The molecule has 3 N–H and O–H groups in total. The van der Waals surface area contributed by atoms with E-state index in [-0.39, 0.29) is 29.4 Å². The summed E-state index contributed by atoms with van der Waals surface area (Å²) in [4.78, 5) is 13.8. The minimum Gasteiger partial charge on any atom is -0.396 e. The zero-order valence-electron chi connectivity index (χ0n) is 12.0. The number of likely N-dealkylation sites (tertiary alicyclic amines) is 1. The summed E-state index contributed by atoms with van der Waals surface area (Å²) in [6.07, 6.45) is 0.323. The number of nitrogen functional groups attached to an aromatic ring is 1. The second kappa shape index (κ2) is 6.39. The molecule has 22 heavy (non-hydrogen) atoms. The molecule has 0 spiro atoms. The van der Waals surface area contributed by atoms with E-state index in [1.165, 1.54) is 11.0 Å². The maximum Gasteiger partial charge on any atom is 0.256 e. The fraction of sp³-hybridized carbons (Fsp3) is 0.462. The Morgan fingerprint density at radius 2 is 2.23 bits per heavy atom. The Balaban J connectivity index is 2.20. The molecule has 1 aliphatic heterocycles. The molecule has 0 aromatic heterocycles. The number of carbonyl (C=O) groups is 1. The lowest BCUT2D eigenvalue weighted by atomic mass is 10.1. The van der Waals surface area contributed by atoms with Crippen molar-refractivity contribution in [2.24, 2.45) is 0 Å². The molecule has 0 bridgehead atoms. The number of nitrogens with two attached hydrogens (primary N) is 1. The lowest BCUT2D eigenvalue weighted by molar-refractivity contribution is 0.0794. The van der Waals surface area contributed by atoms with E-state index in [4.69, 9.17) is 17.3 Å². The van der Waals surface area contributed by atoms with Crippen molar-refractivity contribution in [2.45, 2.75) is 18.6 Å². The predicted octanol–water partition coefficient (Wildman–Crippen LogP) is 1.22. The van der Waals surface area contributed by atoms with Crippen LogP contribution in [-0.2, 0) is 10.0 Å². The van der Waals surface area contributed by atoms with Gasteiger partial charge in [-0.2, -0.15) is 0 Å². The van der Waals surface area contributed by atoms with Crippen molar-refractivity contribution in [3.05, 3.63) is 28.5 Å². The largest absolute Gasteiger partial charge is 0.396 e. The molecule has 1 atom stereocenters. The number of sulfonamides is 1. The first kappa shape index (κ1) is 17.0. The van der Waals surface area contributed by atoms with Crippen LogP contribution in [0, 0.1) is 5.82 Å². The maximum absolute atomic E-state index is 13.6. The molecular formula is C13H17ClFN3O3S. The monoisotopic (exact) mass is 349 g/mol. The van der Waals surface area contributed by atoms with Crippen LogP contribution in [0.3, 0.4) is 0 Å². The summed E-state index contributed by atoms with van der Waals surface area (Å²) in [5.41, 5.74) is 5.24. The summed E-state index contributed by atoms with van der Waals surface area (Å²) in [5, 5.41) is -0.618. The highest BCUT2D eigenvalue weighted by atomic mass is 35.5. The Morgan fingerprint density at radius 3 is 2.86 bits per heavy atom. The lowest BCUT2D eigenvalue weighted by Gasteiger charge is -2.18. The third-order valence-corrected chi connectivity index (χ3v) is 5.71. The van der Waals surface area contributed by atoms with Gasteiger partial charge in [0.2, 0.25) is 10.0 Å². The minimum absolute atomic E-state index is 0.0434. The van der Waals surface area contributed by atoms with Gasteiger partial charge in [-0.25, -0.2) is 17.5 Å². The lowest BCUT2D eigenvalue weighted by Crippen LogP contribution is -2.37. The second-order valence-corrected chi connectivity index (χ2v) is 7.54. The van der Waals surface area contributed by atoms with Crippen LogP contribution in [0.15, 0.2) is 12.1 Å². The van der Waals surface area contributed by atoms with Crippen LogP contribution in [0.1, 0.15) is 23.7 Å². The first-order chi connectivity index (χ1) is 10.3. The van der Waals surface area contributed by atoms with Gasteiger partial charge in [0.15, 0.2) is 0 Å². The SMILES string of the molecule is CCNS(=O)(=O)[C@H]1CCN(C(=O)c2cc(Cl)cc(F)c2N)C1. The highest BCUT2D eigenvalue weighted by Gasteiger charge is 2.35. The van der Waals surface area contributed by atoms with Crippen molar-refractivity contribution >= 4 is 33.2 Å². The van der Waals surface area contributed by atoms with Crippen LogP contribution >= 0.6 is 11.6 Å². The molecule has 1 aliphatic rings. The Morgan fingerprint density at radius 1 is 1.55 bits per heavy atom. The number of nitrogens with zero attached hydrogens (tertiary/aromatic N) is 1. The molecule has 0 unspecified atom stereocenters. The third kappa shape index (κ3) is 3.34. The van der Waals surface area contributed by atoms with E-state index in [2.05, 4.69) is 4.72 Å². The summed E-state index contributed by atoms with van der Waals surface area (Å²) < 4.78 is 39.9. The summed E-state index contributed by atoms with van der Waals surface area (Å²) in [6.45, 7) is 2.29. The number of anilines is 1. The molecule has 1 saturated heterocycles. The van der Waals surface area contributed by atoms with E-state index in [1.54, 1.807) is 6.92 Å². The molecule has 1 amide bonds. The fourth-order valence-electron chi connectivity index (χ4n) is 2.42. The minimum atomic E-state index is -3.46. The Bertz CT molecular complexity index is 696. The van der Waals surface area contributed by atoms with Crippen LogP contribution in [0.5, 0.6) is 0 Å². The number of carbonyl (C=O) groups excluding carboxylic acids is 1. The average molecular weight is 350 g/mol. The highest BCUT2D eigenvalue weighted by Crippen LogP contribution is 2.26. The van der Waals surface area contributed by atoms with E-state index >= 15 is 0 Å². The van der Waals surface area contributed by atoms with Gasteiger partial charge < -0.3 is 10.6 Å². The van der Waals surface area contributed by atoms with Crippen molar-refractivity contribution in [3.8, 4) is 0 Å². The van der Waals surface area contributed by atoms with Gasteiger partial charge in [-0.1, -0.05) is 18.5 Å². The maximum atomic E-state index is 13.6. The number of nitrogens with one attached hydrogen (secondary N) is 1.